The largest absolute Gasteiger partial charge is 0.352 e. The molecule has 1 fully saturated rings. The minimum atomic E-state index is -3.36. The van der Waals surface area contributed by atoms with E-state index in [-0.39, 0.29) is 6.04 Å². The van der Waals surface area contributed by atoms with E-state index in [0.717, 1.165) is 24.1 Å². The first-order valence-electron chi connectivity index (χ1n) is 9.61. The molecule has 8 heteroatoms. The smallest absolute Gasteiger partial charge is 0.252 e. The summed E-state index contributed by atoms with van der Waals surface area (Å²) >= 11 is 1.33. The van der Waals surface area contributed by atoms with Gasteiger partial charge in [-0.2, -0.15) is 4.31 Å². The molecule has 2 aromatic rings. The molecule has 0 saturated carbocycles. The molecule has 1 aliphatic heterocycles. The van der Waals surface area contributed by atoms with Gasteiger partial charge >= 0.3 is 0 Å². The number of hydrogen-bond acceptors (Lipinski definition) is 4. The molecule has 0 bridgehead atoms. The summed E-state index contributed by atoms with van der Waals surface area (Å²) < 4.78 is 27.6. The average molecular weight is 421 g/mol. The Labute approximate surface area is 171 Å². The van der Waals surface area contributed by atoms with Crippen molar-refractivity contribution in [1.29, 1.82) is 0 Å². The van der Waals surface area contributed by atoms with Crippen LogP contribution in [-0.4, -0.2) is 38.8 Å². The fourth-order valence-corrected chi connectivity index (χ4v) is 6.19. The maximum atomic E-state index is 12.8. The lowest BCUT2D eigenvalue weighted by atomic mass is 10.1. The number of benzene rings is 1. The molecule has 0 spiro atoms. The van der Waals surface area contributed by atoms with Gasteiger partial charge in [-0.3, -0.25) is 4.99 Å². The van der Waals surface area contributed by atoms with Gasteiger partial charge in [-0.15, -0.1) is 11.3 Å². The first kappa shape index (κ1) is 20.8. The fourth-order valence-electron chi connectivity index (χ4n) is 3.22. The van der Waals surface area contributed by atoms with Crippen LogP contribution in [0, 0.1) is 0 Å². The van der Waals surface area contributed by atoms with Gasteiger partial charge in [0, 0.05) is 25.0 Å². The van der Waals surface area contributed by atoms with Crippen molar-refractivity contribution in [1.82, 2.24) is 14.9 Å². The van der Waals surface area contributed by atoms with Gasteiger partial charge in [0.15, 0.2) is 5.96 Å². The van der Waals surface area contributed by atoms with Gasteiger partial charge in [0.1, 0.15) is 4.21 Å². The lowest BCUT2D eigenvalue weighted by molar-refractivity contribution is 0.347. The van der Waals surface area contributed by atoms with Crippen molar-refractivity contribution in [2.75, 3.05) is 20.1 Å². The van der Waals surface area contributed by atoms with E-state index < -0.39 is 10.0 Å². The first-order chi connectivity index (χ1) is 13.5. The van der Waals surface area contributed by atoms with Crippen LogP contribution in [0.4, 0.5) is 0 Å². The summed E-state index contributed by atoms with van der Waals surface area (Å²) in [6.07, 6.45) is 3.00. The lowest BCUT2D eigenvalue weighted by Crippen LogP contribution is -2.38. The zero-order valence-electron chi connectivity index (χ0n) is 16.4. The predicted molar refractivity (Wildman–Crippen MR) is 115 cm³/mol. The molecule has 2 N–H and O–H groups in total. The summed E-state index contributed by atoms with van der Waals surface area (Å²) in [4.78, 5) is 5.23. The van der Waals surface area contributed by atoms with Crippen LogP contribution in [0.25, 0.3) is 0 Å². The zero-order valence-corrected chi connectivity index (χ0v) is 18.0. The molecule has 0 amide bonds. The summed E-state index contributed by atoms with van der Waals surface area (Å²) in [5.41, 5.74) is 1.18. The summed E-state index contributed by atoms with van der Waals surface area (Å²) in [5, 5.41) is 6.63. The minimum Gasteiger partial charge on any atom is -0.352 e. The van der Waals surface area contributed by atoms with Crippen LogP contribution in [0.1, 0.15) is 42.7 Å². The number of piperidine rings is 1. The summed E-state index contributed by atoms with van der Waals surface area (Å²) in [6.45, 7) is 3.86. The number of aliphatic imine (C=N–C) groups is 1. The average Bonchev–Trinajstić information content (AvgIpc) is 3.22. The molecule has 3 rings (SSSR count). The Bertz CT molecular complexity index is 888. The second-order valence-corrected chi connectivity index (χ2v) is 10.2. The number of sulfonamides is 1. The Morgan fingerprint density at radius 3 is 2.54 bits per heavy atom. The van der Waals surface area contributed by atoms with Gasteiger partial charge in [-0.05, 0) is 37.5 Å². The SMILES string of the molecule is CN=C(NCc1ccc(S(=O)(=O)N2CCCCC2)s1)NC(C)c1ccccc1. The molecule has 1 saturated heterocycles. The molecule has 1 atom stereocenters. The van der Waals surface area contributed by atoms with E-state index in [9.17, 15) is 8.42 Å². The highest BCUT2D eigenvalue weighted by Gasteiger charge is 2.27. The Morgan fingerprint density at radius 2 is 1.86 bits per heavy atom. The minimum absolute atomic E-state index is 0.116. The maximum absolute atomic E-state index is 12.8. The Balaban J connectivity index is 1.58. The molecule has 1 unspecified atom stereocenters. The van der Waals surface area contributed by atoms with Crippen molar-refractivity contribution in [2.45, 2.75) is 43.0 Å². The second kappa shape index (κ2) is 9.54. The molecule has 2 heterocycles. The van der Waals surface area contributed by atoms with Crippen LogP contribution in [-0.2, 0) is 16.6 Å². The third-order valence-corrected chi connectivity index (χ3v) is 8.30. The standard InChI is InChI=1S/C20H28N4O2S2/c1-16(17-9-5-3-6-10-17)23-20(21-2)22-15-18-11-12-19(27-18)28(25,26)24-13-7-4-8-14-24/h3,5-6,9-12,16H,4,7-8,13-15H2,1-2H3,(H2,21,22,23). The highest BCUT2D eigenvalue weighted by atomic mass is 32.2. The maximum Gasteiger partial charge on any atom is 0.252 e. The normalized spacial score (nSPS) is 17.3. The lowest BCUT2D eigenvalue weighted by Gasteiger charge is -2.25. The quantitative estimate of drug-likeness (QED) is 0.555. The third kappa shape index (κ3) is 5.12. The summed E-state index contributed by atoms with van der Waals surface area (Å²) in [7, 11) is -1.63. The van der Waals surface area contributed by atoms with Gasteiger partial charge in [0.05, 0.1) is 12.6 Å². The van der Waals surface area contributed by atoms with Crippen LogP contribution in [0.5, 0.6) is 0 Å². The summed E-state index contributed by atoms with van der Waals surface area (Å²) in [5.74, 6) is 0.685. The predicted octanol–water partition coefficient (Wildman–Crippen LogP) is 3.35. The van der Waals surface area contributed by atoms with Gasteiger partial charge in [-0.1, -0.05) is 36.8 Å². The van der Waals surface area contributed by atoms with Gasteiger partial charge in [0.2, 0.25) is 0 Å². The van der Waals surface area contributed by atoms with Gasteiger partial charge in [-0.25, -0.2) is 8.42 Å². The third-order valence-electron chi connectivity index (χ3n) is 4.85. The molecule has 152 valence electrons. The second-order valence-electron chi connectivity index (χ2n) is 6.89. The number of hydrogen-bond donors (Lipinski definition) is 2. The Morgan fingerprint density at radius 1 is 1.14 bits per heavy atom. The molecular formula is C20H28N4O2S2. The van der Waals surface area contributed by atoms with Crippen LogP contribution < -0.4 is 10.6 Å². The van der Waals surface area contributed by atoms with Crippen molar-refractivity contribution < 1.29 is 8.42 Å². The van der Waals surface area contributed by atoms with Crippen LogP contribution in [0.2, 0.25) is 0 Å². The number of thiophene rings is 1. The fraction of sp³-hybridized carbons (Fsp3) is 0.450. The van der Waals surface area contributed by atoms with E-state index in [4.69, 9.17) is 0 Å². The number of rotatable bonds is 6. The van der Waals surface area contributed by atoms with E-state index in [0.29, 0.717) is 29.8 Å². The van der Waals surface area contributed by atoms with Crippen molar-refractivity contribution in [2.24, 2.45) is 4.99 Å². The number of nitrogens with one attached hydrogen (secondary N) is 2. The first-order valence-corrected chi connectivity index (χ1v) is 11.9. The van der Waals surface area contributed by atoms with Crippen LogP contribution in [0.15, 0.2) is 51.7 Å². The van der Waals surface area contributed by atoms with Crippen molar-refractivity contribution in [3.63, 3.8) is 0 Å². The molecule has 28 heavy (non-hydrogen) atoms. The van der Waals surface area contributed by atoms with Crippen molar-refractivity contribution in [3.05, 3.63) is 52.9 Å². The highest BCUT2D eigenvalue weighted by molar-refractivity contribution is 7.91. The molecule has 1 aromatic carbocycles. The van der Waals surface area contributed by atoms with Crippen LogP contribution >= 0.6 is 11.3 Å². The zero-order chi connectivity index (χ0) is 20.0. The molecule has 0 radical (unpaired) electrons. The Hall–Kier alpha value is -1.90. The van der Waals surface area contributed by atoms with Gasteiger partial charge < -0.3 is 10.6 Å². The summed E-state index contributed by atoms with van der Waals surface area (Å²) in [6, 6.07) is 13.9. The monoisotopic (exact) mass is 420 g/mol. The molecule has 1 aromatic heterocycles. The highest BCUT2D eigenvalue weighted by Crippen LogP contribution is 2.27. The molecule has 0 aliphatic carbocycles. The van der Waals surface area contributed by atoms with Crippen molar-refractivity contribution in [3.8, 4) is 0 Å². The number of guanidine groups is 1. The van der Waals surface area contributed by atoms with E-state index in [1.807, 2.05) is 24.3 Å². The van der Waals surface area contributed by atoms with E-state index in [1.54, 1.807) is 17.4 Å². The number of nitrogens with zero attached hydrogens (tertiary/aromatic N) is 2. The molecule has 6 nitrogen and oxygen atoms in total. The molecular weight excluding hydrogens is 392 g/mol. The topological polar surface area (TPSA) is 73.8 Å². The van der Waals surface area contributed by atoms with Crippen molar-refractivity contribution >= 4 is 27.3 Å². The molecule has 1 aliphatic rings. The van der Waals surface area contributed by atoms with Gasteiger partial charge in [0.25, 0.3) is 10.0 Å². The Kier molecular flexibility index (Phi) is 7.09. The van der Waals surface area contributed by atoms with E-state index >= 15 is 0 Å². The van der Waals surface area contributed by atoms with E-state index in [1.165, 1.54) is 16.9 Å². The van der Waals surface area contributed by atoms with Crippen LogP contribution in [0.3, 0.4) is 0 Å². The van der Waals surface area contributed by atoms with E-state index in [2.05, 4.69) is 34.7 Å².